The Balaban J connectivity index is 2.09. The first kappa shape index (κ1) is 13.2. The highest BCUT2D eigenvalue weighted by atomic mass is 16.1. The maximum Gasteiger partial charge on any atom is 0.164 e. The molecule has 1 N–H and O–H groups in total. The van der Waals surface area contributed by atoms with E-state index in [4.69, 9.17) is 0 Å². The molecule has 0 aliphatic carbocycles. The van der Waals surface area contributed by atoms with Crippen LogP contribution in [0.25, 0.3) is 0 Å². The van der Waals surface area contributed by atoms with Crippen LogP contribution < -0.4 is 5.32 Å². The Morgan fingerprint density at radius 2 is 2.22 bits per heavy atom. The van der Waals surface area contributed by atoms with Crippen LogP contribution in [0.5, 0.6) is 0 Å². The number of carbonyl (C=O) groups is 1. The van der Waals surface area contributed by atoms with Crippen molar-refractivity contribution in [3.8, 4) is 0 Å². The zero-order valence-electron chi connectivity index (χ0n) is 11.5. The van der Waals surface area contributed by atoms with Crippen molar-refractivity contribution in [2.45, 2.75) is 26.3 Å². The fourth-order valence-electron chi connectivity index (χ4n) is 2.45. The zero-order chi connectivity index (χ0) is 13.1. The summed E-state index contributed by atoms with van der Waals surface area (Å²) in [6, 6.07) is 6.42. The molecule has 0 radical (unpaired) electrons. The predicted molar refractivity (Wildman–Crippen MR) is 74.2 cm³/mol. The van der Waals surface area contributed by atoms with E-state index in [0.717, 1.165) is 36.3 Å². The molecule has 3 nitrogen and oxygen atoms in total. The largest absolute Gasteiger partial charge is 0.314 e. The van der Waals surface area contributed by atoms with Crippen LogP contribution >= 0.6 is 0 Å². The number of hydrogen-bond donors (Lipinski definition) is 1. The second-order valence-electron chi connectivity index (χ2n) is 5.28. The molecule has 0 spiro atoms. The van der Waals surface area contributed by atoms with Crippen LogP contribution in [-0.4, -0.2) is 43.4 Å². The summed E-state index contributed by atoms with van der Waals surface area (Å²) in [5.41, 5.74) is 3.12. The topological polar surface area (TPSA) is 32.3 Å². The fourth-order valence-corrected chi connectivity index (χ4v) is 2.45. The van der Waals surface area contributed by atoms with Gasteiger partial charge in [0.25, 0.3) is 0 Å². The molecule has 1 aliphatic heterocycles. The number of aryl methyl sites for hydroxylation is 2. The van der Waals surface area contributed by atoms with Crippen molar-refractivity contribution in [2.24, 2.45) is 0 Å². The second-order valence-corrected chi connectivity index (χ2v) is 5.28. The Hall–Kier alpha value is -1.19. The molecule has 1 aromatic carbocycles. The molecule has 1 aromatic rings. The lowest BCUT2D eigenvalue weighted by atomic mass is 9.96. The van der Waals surface area contributed by atoms with Crippen LogP contribution in [0.4, 0.5) is 0 Å². The maximum absolute atomic E-state index is 12.4. The third-order valence-corrected chi connectivity index (χ3v) is 3.76. The monoisotopic (exact) mass is 246 g/mol. The Bertz CT molecular complexity index is 442. The van der Waals surface area contributed by atoms with Gasteiger partial charge in [0.1, 0.15) is 0 Å². The Labute approximate surface area is 109 Å². The SMILES string of the molecule is Cc1ccc(C)c(C(=O)CC2CNCCN2C)c1. The van der Waals surface area contributed by atoms with Gasteiger partial charge in [0.2, 0.25) is 0 Å². The molecule has 18 heavy (non-hydrogen) atoms. The molecular weight excluding hydrogens is 224 g/mol. The Kier molecular flexibility index (Phi) is 4.15. The Morgan fingerprint density at radius 3 is 2.94 bits per heavy atom. The quantitative estimate of drug-likeness (QED) is 0.825. The number of benzene rings is 1. The first-order valence-electron chi connectivity index (χ1n) is 6.59. The number of ketones is 1. The Morgan fingerprint density at radius 1 is 1.44 bits per heavy atom. The summed E-state index contributed by atoms with van der Waals surface area (Å²) in [6.07, 6.45) is 0.605. The maximum atomic E-state index is 12.4. The average molecular weight is 246 g/mol. The van der Waals surface area contributed by atoms with Gasteiger partial charge in [-0.1, -0.05) is 17.7 Å². The van der Waals surface area contributed by atoms with Crippen LogP contribution in [0.15, 0.2) is 18.2 Å². The van der Waals surface area contributed by atoms with Crippen LogP contribution in [0.2, 0.25) is 0 Å². The van der Waals surface area contributed by atoms with Crippen molar-refractivity contribution < 1.29 is 4.79 Å². The highest BCUT2D eigenvalue weighted by Gasteiger charge is 2.22. The third kappa shape index (κ3) is 2.98. The van der Waals surface area contributed by atoms with Crippen molar-refractivity contribution in [2.75, 3.05) is 26.7 Å². The highest BCUT2D eigenvalue weighted by Crippen LogP contribution is 2.16. The van der Waals surface area contributed by atoms with Crippen molar-refractivity contribution in [1.82, 2.24) is 10.2 Å². The lowest BCUT2D eigenvalue weighted by molar-refractivity contribution is 0.0916. The van der Waals surface area contributed by atoms with E-state index >= 15 is 0 Å². The summed E-state index contributed by atoms with van der Waals surface area (Å²) >= 11 is 0. The minimum absolute atomic E-state index is 0.261. The standard InChI is InChI=1S/C15H22N2O/c1-11-4-5-12(2)14(8-11)15(18)9-13-10-16-6-7-17(13)3/h4-5,8,13,16H,6-7,9-10H2,1-3H3. The summed E-state index contributed by atoms with van der Waals surface area (Å²) in [5.74, 6) is 0.261. The van der Waals surface area contributed by atoms with E-state index in [1.54, 1.807) is 0 Å². The van der Waals surface area contributed by atoms with E-state index in [1.807, 2.05) is 26.0 Å². The van der Waals surface area contributed by atoms with Crippen LogP contribution in [0.3, 0.4) is 0 Å². The van der Waals surface area contributed by atoms with Gasteiger partial charge in [-0.2, -0.15) is 0 Å². The molecule has 0 saturated carbocycles. The van der Waals surface area contributed by atoms with Crippen molar-refractivity contribution >= 4 is 5.78 Å². The number of hydrogen-bond acceptors (Lipinski definition) is 3. The lowest BCUT2D eigenvalue weighted by Gasteiger charge is -2.32. The molecule has 0 amide bonds. The van der Waals surface area contributed by atoms with Gasteiger partial charge in [-0.3, -0.25) is 4.79 Å². The fraction of sp³-hybridized carbons (Fsp3) is 0.533. The lowest BCUT2D eigenvalue weighted by Crippen LogP contribution is -2.50. The number of likely N-dealkylation sites (N-methyl/N-ethyl adjacent to an activating group) is 1. The van der Waals surface area contributed by atoms with Gasteiger partial charge in [-0.15, -0.1) is 0 Å². The van der Waals surface area contributed by atoms with E-state index in [9.17, 15) is 4.79 Å². The molecule has 98 valence electrons. The van der Waals surface area contributed by atoms with E-state index in [-0.39, 0.29) is 5.78 Å². The van der Waals surface area contributed by atoms with E-state index in [1.165, 1.54) is 0 Å². The molecule has 2 rings (SSSR count). The summed E-state index contributed by atoms with van der Waals surface area (Å²) in [4.78, 5) is 14.7. The summed E-state index contributed by atoms with van der Waals surface area (Å²) in [6.45, 7) is 6.99. The van der Waals surface area contributed by atoms with Gasteiger partial charge in [-0.05, 0) is 32.5 Å². The third-order valence-electron chi connectivity index (χ3n) is 3.76. The molecule has 0 bridgehead atoms. The minimum atomic E-state index is 0.261. The normalized spacial score (nSPS) is 20.9. The minimum Gasteiger partial charge on any atom is -0.314 e. The predicted octanol–water partition coefficient (Wildman–Crippen LogP) is 1.78. The average Bonchev–Trinajstić information content (AvgIpc) is 2.35. The van der Waals surface area contributed by atoms with Crippen LogP contribution in [0, 0.1) is 13.8 Å². The first-order chi connectivity index (χ1) is 8.58. The molecule has 1 atom stereocenters. The summed E-state index contributed by atoms with van der Waals surface area (Å²) in [5, 5.41) is 3.35. The smallest absolute Gasteiger partial charge is 0.164 e. The number of nitrogens with zero attached hydrogens (tertiary/aromatic N) is 1. The van der Waals surface area contributed by atoms with E-state index in [0.29, 0.717) is 12.5 Å². The number of rotatable bonds is 3. The molecule has 1 fully saturated rings. The molecule has 1 unspecified atom stereocenters. The first-order valence-corrected chi connectivity index (χ1v) is 6.59. The van der Waals surface area contributed by atoms with Gasteiger partial charge in [0.15, 0.2) is 5.78 Å². The van der Waals surface area contributed by atoms with Gasteiger partial charge in [-0.25, -0.2) is 0 Å². The van der Waals surface area contributed by atoms with Crippen LogP contribution in [0.1, 0.15) is 27.9 Å². The van der Waals surface area contributed by atoms with E-state index < -0.39 is 0 Å². The number of piperazine rings is 1. The number of Topliss-reactive ketones (excluding diaryl/α,β-unsaturated/α-hetero) is 1. The molecular formula is C15H22N2O. The summed E-state index contributed by atoms with van der Waals surface area (Å²) < 4.78 is 0. The number of nitrogens with one attached hydrogen (secondary N) is 1. The highest BCUT2D eigenvalue weighted by molar-refractivity contribution is 5.98. The van der Waals surface area contributed by atoms with Gasteiger partial charge < -0.3 is 10.2 Å². The molecule has 3 heteroatoms. The number of carbonyl (C=O) groups excluding carboxylic acids is 1. The second kappa shape index (κ2) is 5.63. The van der Waals surface area contributed by atoms with Crippen molar-refractivity contribution in [3.63, 3.8) is 0 Å². The van der Waals surface area contributed by atoms with E-state index in [2.05, 4.69) is 23.3 Å². The van der Waals surface area contributed by atoms with Gasteiger partial charge >= 0.3 is 0 Å². The van der Waals surface area contributed by atoms with Crippen molar-refractivity contribution in [1.29, 1.82) is 0 Å². The van der Waals surface area contributed by atoms with Crippen LogP contribution in [-0.2, 0) is 0 Å². The van der Waals surface area contributed by atoms with Gasteiger partial charge in [0.05, 0.1) is 0 Å². The molecule has 1 heterocycles. The summed E-state index contributed by atoms with van der Waals surface area (Å²) in [7, 11) is 2.10. The molecule has 1 saturated heterocycles. The molecule has 1 aliphatic rings. The van der Waals surface area contributed by atoms with Gasteiger partial charge in [0, 0.05) is 37.7 Å². The zero-order valence-corrected chi connectivity index (χ0v) is 11.5. The molecule has 0 aromatic heterocycles. The van der Waals surface area contributed by atoms with Crippen molar-refractivity contribution in [3.05, 3.63) is 34.9 Å².